The summed E-state index contributed by atoms with van der Waals surface area (Å²) in [6.07, 6.45) is -2.43. The van der Waals surface area contributed by atoms with Gasteiger partial charge in [-0.15, -0.1) is 13.2 Å². The van der Waals surface area contributed by atoms with Gasteiger partial charge in [0.25, 0.3) is 0 Å². The number of carbonyl (C=O) groups is 1. The maximum Gasteiger partial charge on any atom is 0.573 e. The second-order valence-electron chi connectivity index (χ2n) is 2.97. The van der Waals surface area contributed by atoms with E-state index in [4.69, 9.17) is 17.3 Å². The van der Waals surface area contributed by atoms with Crippen molar-refractivity contribution in [3.8, 4) is 5.75 Å². The molecule has 0 aliphatic carbocycles. The Morgan fingerprint density at radius 2 is 2.06 bits per heavy atom. The number of halogens is 4. The van der Waals surface area contributed by atoms with E-state index in [-0.39, 0.29) is 5.02 Å². The Bertz CT molecular complexity index is 457. The number of nitrogens with two attached hydrogens (primary N) is 1. The summed E-state index contributed by atoms with van der Waals surface area (Å²) in [4.78, 5) is 10.5. The predicted molar refractivity (Wildman–Crippen MR) is 56.4 cm³/mol. The van der Waals surface area contributed by atoms with Gasteiger partial charge < -0.3 is 10.5 Å². The zero-order chi connectivity index (χ0) is 13.1. The summed E-state index contributed by atoms with van der Waals surface area (Å²) in [5.74, 6) is -1.12. The number of primary amides is 1. The van der Waals surface area contributed by atoms with Crippen LogP contribution in [0.3, 0.4) is 0 Å². The first-order chi connectivity index (χ1) is 7.78. The average molecular weight is 266 g/mol. The van der Waals surface area contributed by atoms with E-state index in [1.807, 2.05) is 0 Å². The third-order valence-electron chi connectivity index (χ3n) is 1.63. The molecule has 17 heavy (non-hydrogen) atoms. The molecule has 0 heterocycles. The normalized spacial score (nSPS) is 11.8. The van der Waals surface area contributed by atoms with Crippen molar-refractivity contribution in [3.63, 3.8) is 0 Å². The van der Waals surface area contributed by atoms with E-state index in [1.54, 1.807) is 0 Å². The smallest absolute Gasteiger partial charge is 0.406 e. The minimum absolute atomic E-state index is 0.0178. The predicted octanol–water partition coefficient (Wildman–Crippen LogP) is 2.74. The van der Waals surface area contributed by atoms with Crippen LogP contribution in [0.5, 0.6) is 5.75 Å². The first kappa shape index (κ1) is 13.4. The van der Waals surface area contributed by atoms with Crippen molar-refractivity contribution in [1.29, 1.82) is 0 Å². The van der Waals surface area contributed by atoms with Crippen LogP contribution in [-0.2, 0) is 4.79 Å². The number of amides is 1. The standard InChI is InChI=1S/C10H7ClF3NO2/c11-8-5-7(17-10(12,13)14)3-1-6(8)2-4-9(15)16/h1-5H,(H2,15,16). The number of ether oxygens (including phenoxy) is 1. The van der Waals surface area contributed by atoms with Crippen molar-refractivity contribution in [1.82, 2.24) is 0 Å². The third kappa shape index (κ3) is 4.78. The molecule has 0 aliphatic rings. The lowest BCUT2D eigenvalue weighted by Crippen LogP contribution is -2.17. The molecule has 0 spiro atoms. The molecule has 0 fully saturated rings. The van der Waals surface area contributed by atoms with Crippen LogP contribution in [0.2, 0.25) is 5.02 Å². The third-order valence-corrected chi connectivity index (χ3v) is 1.96. The molecule has 0 atom stereocenters. The van der Waals surface area contributed by atoms with E-state index >= 15 is 0 Å². The molecule has 92 valence electrons. The van der Waals surface area contributed by atoms with E-state index in [0.29, 0.717) is 5.56 Å². The van der Waals surface area contributed by atoms with Gasteiger partial charge in [-0.2, -0.15) is 0 Å². The van der Waals surface area contributed by atoms with Crippen molar-refractivity contribution >= 4 is 23.6 Å². The number of alkyl halides is 3. The number of benzene rings is 1. The molecule has 0 aliphatic heterocycles. The number of hydrogen-bond acceptors (Lipinski definition) is 2. The summed E-state index contributed by atoms with van der Waals surface area (Å²) in [6, 6.07) is 3.36. The number of carbonyl (C=O) groups excluding carboxylic acids is 1. The molecule has 1 rings (SSSR count). The van der Waals surface area contributed by atoms with Crippen molar-refractivity contribution < 1.29 is 22.7 Å². The lowest BCUT2D eigenvalue weighted by atomic mass is 10.2. The topological polar surface area (TPSA) is 52.3 Å². The van der Waals surface area contributed by atoms with E-state index in [9.17, 15) is 18.0 Å². The van der Waals surface area contributed by atoms with E-state index in [1.165, 1.54) is 12.1 Å². The molecule has 3 nitrogen and oxygen atoms in total. The highest BCUT2D eigenvalue weighted by Gasteiger charge is 2.31. The van der Waals surface area contributed by atoms with Crippen molar-refractivity contribution in [2.24, 2.45) is 5.73 Å². The summed E-state index contributed by atoms with van der Waals surface area (Å²) < 4.78 is 39.3. The summed E-state index contributed by atoms with van der Waals surface area (Å²) in [6.45, 7) is 0. The quantitative estimate of drug-likeness (QED) is 0.855. The Morgan fingerprint density at radius 3 is 2.53 bits per heavy atom. The van der Waals surface area contributed by atoms with Crippen molar-refractivity contribution in [2.75, 3.05) is 0 Å². The van der Waals surface area contributed by atoms with Gasteiger partial charge in [0.05, 0.1) is 5.02 Å². The zero-order valence-electron chi connectivity index (χ0n) is 8.29. The Morgan fingerprint density at radius 1 is 1.41 bits per heavy atom. The summed E-state index contributed by atoms with van der Waals surface area (Å²) in [5.41, 5.74) is 5.22. The van der Waals surface area contributed by atoms with Gasteiger partial charge in [0.2, 0.25) is 5.91 Å². The van der Waals surface area contributed by atoms with Crippen LogP contribution < -0.4 is 10.5 Å². The van der Waals surface area contributed by atoms with Gasteiger partial charge >= 0.3 is 6.36 Å². The Hall–Kier alpha value is -1.69. The van der Waals surface area contributed by atoms with Gasteiger partial charge in [0, 0.05) is 6.08 Å². The Balaban J connectivity index is 2.90. The van der Waals surface area contributed by atoms with Crippen molar-refractivity contribution in [3.05, 3.63) is 34.9 Å². The second-order valence-corrected chi connectivity index (χ2v) is 3.37. The van der Waals surface area contributed by atoms with Gasteiger partial charge in [-0.1, -0.05) is 11.6 Å². The first-order valence-corrected chi connectivity index (χ1v) is 4.68. The number of rotatable bonds is 3. The average Bonchev–Trinajstić information content (AvgIpc) is 2.13. The molecular formula is C10H7ClF3NO2. The highest BCUT2D eigenvalue weighted by molar-refractivity contribution is 6.32. The van der Waals surface area contributed by atoms with Crippen LogP contribution in [0.1, 0.15) is 5.56 Å². The fraction of sp³-hybridized carbons (Fsp3) is 0.100. The molecule has 0 saturated heterocycles. The maximum absolute atomic E-state index is 11.9. The second kappa shape index (κ2) is 5.09. The number of hydrogen-bond donors (Lipinski definition) is 1. The van der Waals surface area contributed by atoms with Crippen LogP contribution in [0.4, 0.5) is 13.2 Å². The van der Waals surface area contributed by atoms with Gasteiger partial charge in [0.1, 0.15) is 5.75 Å². The van der Waals surface area contributed by atoms with E-state index < -0.39 is 18.0 Å². The van der Waals surface area contributed by atoms with Gasteiger partial charge in [-0.05, 0) is 29.8 Å². The van der Waals surface area contributed by atoms with Gasteiger partial charge in [-0.3, -0.25) is 4.79 Å². The minimum atomic E-state index is -4.77. The SMILES string of the molecule is NC(=O)C=Cc1ccc(OC(F)(F)F)cc1Cl. The van der Waals surface area contributed by atoms with E-state index in [2.05, 4.69) is 4.74 Å². The zero-order valence-corrected chi connectivity index (χ0v) is 9.05. The molecule has 1 amide bonds. The fourth-order valence-electron chi connectivity index (χ4n) is 1.01. The molecular weight excluding hydrogens is 259 g/mol. The fourth-order valence-corrected chi connectivity index (χ4v) is 1.25. The van der Waals surface area contributed by atoms with Crippen LogP contribution >= 0.6 is 11.6 Å². The van der Waals surface area contributed by atoms with Crippen LogP contribution in [0, 0.1) is 0 Å². The Kier molecular flexibility index (Phi) is 4.01. The van der Waals surface area contributed by atoms with Gasteiger partial charge in [-0.25, -0.2) is 0 Å². The molecule has 0 saturated carbocycles. The molecule has 2 N–H and O–H groups in total. The highest BCUT2D eigenvalue weighted by atomic mass is 35.5. The molecule has 1 aromatic carbocycles. The summed E-state index contributed by atoms with van der Waals surface area (Å²) >= 11 is 5.69. The molecule has 0 bridgehead atoms. The molecule has 0 aromatic heterocycles. The molecule has 0 radical (unpaired) electrons. The van der Waals surface area contributed by atoms with E-state index in [0.717, 1.165) is 18.2 Å². The van der Waals surface area contributed by atoms with Crippen LogP contribution in [0.15, 0.2) is 24.3 Å². The molecule has 1 aromatic rings. The minimum Gasteiger partial charge on any atom is -0.406 e. The van der Waals surface area contributed by atoms with Crippen LogP contribution in [0.25, 0.3) is 6.08 Å². The van der Waals surface area contributed by atoms with Crippen molar-refractivity contribution in [2.45, 2.75) is 6.36 Å². The first-order valence-electron chi connectivity index (χ1n) is 4.31. The molecule has 0 unspecified atom stereocenters. The largest absolute Gasteiger partial charge is 0.573 e. The highest BCUT2D eigenvalue weighted by Crippen LogP contribution is 2.28. The lowest BCUT2D eigenvalue weighted by molar-refractivity contribution is -0.274. The summed E-state index contributed by atoms with van der Waals surface area (Å²) in [7, 11) is 0. The maximum atomic E-state index is 11.9. The monoisotopic (exact) mass is 265 g/mol. The lowest BCUT2D eigenvalue weighted by Gasteiger charge is -2.09. The molecule has 7 heteroatoms. The van der Waals surface area contributed by atoms with Gasteiger partial charge in [0.15, 0.2) is 0 Å². The Labute approximate surface area is 99.6 Å². The van der Waals surface area contributed by atoms with Crippen LogP contribution in [-0.4, -0.2) is 12.3 Å². The summed E-state index contributed by atoms with van der Waals surface area (Å²) in [5, 5.41) is 0.0178.